The summed E-state index contributed by atoms with van der Waals surface area (Å²) >= 11 is 0. The van der Waals surface area contributed by atoms with Crippen LogP contribution in [0.5, 0.6) is 0 Å². The minimum atomic E-state index is -1.03. The van der Waals surface area contributed by atoms with E-state index in [4.69, 9.17) is 0 Å². The van der Waals surface area contributed by atoms with Crippen LogP contribution >= 0.6 is 0 Å². The fourth-order valence-corrected chi connectivity index (χ4v) is 5.97. The van der Waals surface area contributed by atoms with Gasteiger partial charge in [-0.2, -0.15) is 0 Å². The monoisotopic (exact) mass is 628 g/mol. The van der Waals surface area contributed by atoms with Crippen molar-refractivity contribution in [1.82, 2.24) is 30.7 Å². The van der Waals surface area contributed by atoms with Gasteiger partial charge in [0.25, 0.3) is 5.91 Å². The maximum atomic E-state index is 14.0. The van der Waals surface area contributed by atoms with Crippen LogP contribution in [0.25, 0.3) is 10.9 Å². The Bertz CT molecular complexity index is 1600. The quantitative estimate of drug-likeness (QED) is 0.328. The Morgan fingerprint density at radius 3 is 2.57 bits per heavy atom. The lowest BCUT2D eigenvalue weighted by Crippen LogP contribution is -2.58. The van der Waals surface area contributed by atoms with E-state index < -0.39 is 53.8 Å². The van der Waals surface area contributed by atoms with E-state index in [-0.39, 0.29) is 44.9 Å². The number of carbonyl (C=O) groups excluding carboxylic acids is 5. The SMILES string of the molecule is CC[C@H](C)[C@@H]1NC(=O)CN(C(=O)c2ccc3ncccc3c2)CCNC(=O)[C@H](Cc2ccccc2)NC(=O)[C@@H]2C[C@@H](O)CN2C1=O. The Hall–Kier alpha value is -4.84. The van der Waals surface area contributed by atoms with Crippen molar-refractivity contribution in [1.29, 1.82) is 0 Å². The fourth-order valence-electron chi connectivity index (χ4n) is 5.97. The Morgan fingerprint density at radius 1 is 1.02 bits per heavy atom. The number of amides is 5. The van der Waals surface area contributed by atoms with E-state index in [1.807, 2.05) is 50.2 Å². The number of pyridine rings is 1. The first-order valence-electron chi connectivity index (χ1n) is 15.7. The molecule has 5 amide bonds. The number of hydrogen-bond acceptors (Lipinski definition) is 7. The lowest BCUT2D eigenvalue weighted by Gasteiger charge is -2.32. The number of carbonyl (C=O) groups is 5. The number of nitrogens with zero attached hydrogens (tertiary/aromatic N) is 3. The first-order valence-corrected chi connectivity index (χ1v) is 15.7. The minimum Gasteiger partial charge on any atom is -0.391 e. The highest BCUT2D eigenvalue weighted by molar-refractivity contribution is 6.00. The molecule has 46 heavy (non-hydrogen) atoms. The maximum absolute atomic E-state index is 14.0. The first-order chi connectivity index (χ1) is 22.1. The van der Waals surface area contributed by atoms with Crippen LogP contribution in [0.2, 0.25) is 0 Å². The fraction of sp³-hybridized carbons (Fsp3) is 0.412. The zero-order valence-electron chi connectivity index (χ0n) is 26.0. The van der Waals surface area contributed by atoms with Gasteiger partial charge in [0.15, 0.2) is 0 Å². The molecule has 0 bridgehead atoms. The van der Waals surface area contributed by atoms with Crippen molar-refractivity contribution in [3.63, 3.8) is 0 Å². The molecule has 3 aromatic rings. The molecule has 2 fully saturated rings. The molecule has 12 heteroatoms. The third-order valence-electron chi connectivity index (χ3n) is 8.73. The topological polar surface area (TPSA) is 161 Å². The zero-order chi connectivity index (χ0) is 32.8. The highest BCUT2D eigenvalue weighted by Gasteiger charge is 2.43. The summed E-state index contributed by atoms with van der Waals surface area (Å²) in [5, 5.41) is 19.7. The molecule has 0 saturated carbocycles. The van der Waals surface area contributed by atoms with E-state index in [9.17, 15) is 29.1 Å². The van der Waals surface area contributed by atoms with Crippen molar-refractivity contribution in [2.75, 3.05) is 26.2 Å². The molecule has 3 heterocycles. The number of aromatic nitrogens is 1. The Kier molecular flexibility index (Phi) is 10.3. The van der Waals surface area contributed by atoms with Crippen molar-refractivity contribution >= 4 is 40.4 Å². The van der Waals surface area contributed by atoms with Crippen molar-refractivity contribution in [3.8, 4) is 0 Å². The smallest absolute Gasteiger partial charge is 0.254 e. The first kappa shape index (κ1) is 32.6. The summed E-state index contributed by atoms with van der Waals surface area (Å²) in [6, 6.07) is 14.9. The second-order valence-electron chi connectivity index (χ2n) is 12.0. The molecule has 0 aliphatic carbocycles. The number of benzene rings is 2. The van der Waals surface area contributed by atoms with Crippen LogP contribution in [0.4, 0.5) is 0 Å². The van der Waals surface area contributed by atoms with Crippen LogP contribution in [-0.4, -0.2) is 99.8 Å². The van der Waals surface area contributed by atoms with Gasteiger partial charge in [-0.15, -0.1) is 0 Å². The molecule has 5 atom stereocenters. The van der Waals surface area contributed by atoms with E-state index in [1.54, 1.807) is 30.5 Å². The predicted octanol–water partition coefficient (Wildman–Crippen LogP) is 1.03. The highest BCUT2D eigenvalue weighted by Crippen LogP contribution is 2.23. The summed E-state index contributed by atoms with van der Waals surface area (Å²) in [6.07, 6.45) is 1.45. The molecule has 0 unspecified atom stereocenters. The molecule has 1 aromatic heterocycles. The number of aliphatic hydroxyl groups excluding tert-OH is 1. The third kappa shape index (κ3) is 7.51. The van der Waals surface area contributed by atoms with Gasteiger partial charge in [0.05, 0.1) is 18.2 Å². The molecule has 0 spiro atoms. The van der Waals surface area contributed by atoms with Gasteiger partial charge in [-0.05, 0) is 35.7 Å². The molecule has 2 aliphatic heterocycles. The van der Waals surface area contributed by atoms with Gasteiger partial charge in [-0.1, -0.05) is 56.7 Å². The van der Waals surface area contributed by atoms with Gasteiger partial charge in [0, 0.05) is 49.6 Å². The molecule has 0 radical (unpaired) electrons. The standard InChI is InChI=1S/C34H40N6O6/c1-3-21(2)30-34(46)40-19-25(41)18-28(40)32(44)37-27(16-22-8-5-4-6-9-22)31(43)36-14-15-39(20-29(42)38-30)33(45)24-11-12-26-23(17-24)10-7-13-35-26/h4-13,17,21,25,27-28,30,41H,3,14-16,18-20H2,1-2H3,(H,36,43)(H,37,44)(H,38,42)/t21-,25+,27-,28-,30-/m0/s1. The summed E-state index contributed by atoms with van der Waals surface area (Å²) in [4.78, 5) is 75.3. The Labute approximate surface area is 267 Å². The summed E-state index contributed by atoms with van der Waals surface area (Å²) < 4.78 is 0. The van der Waals surface area contributed by atoms with E-state index in [0.717, 1.165) is 10.9 Å². The van der Waals surface area contributed by atoms with Gasteiger partial charge in [0.1, 0.15) is 18.1 Å². The second-order valence-corrected chi connectivity index (χ2v) is 12.0. The van der Waals surface area contributed by atoms with E-state index >= 15 is 0 Å². The lowest BCUT2D eigenvalue weighted by atomic mass is 9.97. The Morgan fingerprint density at radius 2 is 1.80 bits per heavy atom. The summed E-state index contributed by atoms with van der Waals surface area (Å²) in [7, 11) is 0. The van der Waals surface area contributed by atoms with Crippen LogP contribution in [0.3, 0.4) is 0 Å². The van der Waals surface area contributed by atoms with Gasteiger partial charge in [-0.25, -0.2) is 0 Å². The summed E-state index contributed by atoms with van der Waals surface area (Å²) in [6.45, 7) is 3.27. The normalized spacial score (nSPS) is 23.9. The van der Waals surface area contributed by atoms with Gasteiger partial charge >= 0.3 is 0 Å². The molecule has 4 N–H and O–H groups in total. The molecular formula is C34H40N6O6. The van der Waals surface area contributed by atoms with E-state index in [0.29, 0.717) is 17.5 Å². The third-order valence-corrected chi connectivity index (χ3v) is 8.73. The van der Waals surface area contributed by atoms with Crippen LogP contribution < -0.4 is 16.0 Å². The maximum Gasteiger partial charge on any atom is 0.254 e. The average molecular weight is 629 g/mol. The molecule has 12 nitrogen and oxygen atoms in total. The van der Waals surface area contributed by atoms with Crippen LogP contribution in [0.1, 0.15) is 42.6 Å². The number of aliphatic hydroxyl groups is 1. The zero-order valence-corrected chi connectivity index (χ0v) is 26.0. The van der Waals surface area contributed by atoms with Crippen molar-refractivity contribution < 1.29 is 29.1 Å². The molecule has 5 rings (SSSR count). The van der Waals surface area contributed by atoms with E-state index in [1.165, 1.54) is 9.80 Å². The summed E-state index contributed by atoms with van der Waals surface area (Å²) in [5.74, 6) is -2.83. The minimum absolute atomic E-state index is 0.00196. The molecule has 242 valence electrons. The number of fused-ring (bicyclic) bond motifs is 2. The molecular weight excluding hydrogens is 588 g/mol. The lowest BCUT2D eigenvalue weighted by molar-refractivity contribution is -0.143. The predicted molar refractivity (Wildman–Crippen MR) is 170 cm³/mol. The molecule has 2 aliphatic rings. The number of hydrogen-bond donors (Lipinski definition) is 4. The van der Waals surface area contributed by atoms with E-state index in [2.05, 4.69) is 20.9 Å². The molecule has 2 saturated heterocycles. The van der Waals surface area contributed by atoms with Crippen LogP contribution in [0.15, 0.2) is 66.9 Å². The van der Waals surface area contributed by atoms with Crippen molar-refractivity contribution in [2.24, 2.45) is 5.92 Å². The average Bonchev–Trinajstić information content (AvgIpc) is 3.46. The summed E-state index contributed by atoms with van der Waals surface area (Å²) in [5.41, 5.74) is 1.87. The van der Waals surface area contributed by atoms with Gasteiger partial charge in [-0.3, -0.25) is 29.0 Å². The number of rotatable bonds is 5. The van der Waals surface area contributed by atoms with Crippen LogP contribution in [-0.2, 0) is 25.6 Å². The Balaban J connectivity index is 1.47. The van der Waals surface area contributed by atoms with Crippen molar-refractivity contribution in [2.45, 2.75) is 57.3 Å². The van der Waals surface area contributed by atoms with Crippen molar-refractivity contribution in [3.05, 3.63) is 78.0 Å². The van der Waals surface area contributed by atoms with Gasteiger partial charge < -0.3 is 30.9 Å². The largest absolute Gasteiger partial charge is 0.391 e. The van der Waals surface area contributed by atoms with Crippen LogP contribution in [0, 0.1) is 5.92 Å². The second kappa shape index (κ2) is 14.5. The van der Waals surface area contributed by atoms with Gasteiger partial charge in [0.2, 0.25) is 23.6 Å². The number of nitrogens with one attached hydrogen (secondary N) is 3. The molecule has 2 aromatic carbocycles. The highest BCUT2D eigenvalue weighted by atomic mass is 16.3.